The molecule has 0 aliphatic carbocycles. The summed E-state index contributed by atoms with van der Waals surface area (Å²) in [5.41, 5.74) is 0. The molecule has 0 fully saturated rings. The minimum Gasteiger partial charge on any atom is -0.481 e. The summed E-state index contributed by atoms with van der Waals surface area (Å²) < 4.78 is 4.33. The van der Waals surface area contributed by atoms with Crippen LogP contribution in [0.1, 0.15) is 51.9 Å². The number of aliphatic carboxylic acids is 1. The number of aliphatic hydroxyl groups excluding tert-OH is 1. The number of hydrogen-bond donors (Lipinski definition) is 2. The summed E-state index contributed by atoms with van der Waals surface area (Å²) in [6, 6.07) is 0. The third-order valence-electron chi connectivity index (χ3n) is 2.34. The van der Waals surface area contributed by atoms with Gasteiger partial charge < -0.3 is 14.9 Å². The van der Waals surface area contributed by atoms with Gasteiger partial charge in [-0.2, -0.15) is 0 Å². The Bertz CT molecular complexity index is 286. The molecule has 104 valence electrons. The van der Waals surface area contributed by atoms with Gasteiger partial charge >= 0.3 is 17.9 Å². The van der Waals surface area contributed by atoms with E-state index < -0.39 is 30.4 Å². The number of carbonyl (C=O) groups excluding carboxylic acids is 2. The molecular weight excluding hydrogens is 240 g/mol. The first-order valence-corrected chi connectivity index (χ1v) is 6.11. The summed E-state index contributed by atoms with van der Waals surface area (Å²) >= 11 is 0. The van der Waals surface area contributed by atoms with Crippen molar-refractivity contribution in [3.05, 3.63) is 0 Å². The number of aliphatic hydroxyl groups is 1. The molecule has 1 unspecified atom stereocenters. The lowest BCUT2D eigenvalue weighted by Crippen LogP contribution is -2.28. The van der Waals surface area contributed by atoms with Crippen molar-refractivity contribution in [1.29, 1.82) is 0 Å². The molecule has 0 spiro atoms. The van der Waals surface area contributed by atoms with E-state index in [2.05, 4.69) is 11.7 Å². The summed E-state index contributed by atoms with van der Waals surface area (Å²) in [7, 11) is 0. The number of carboxylic acids is 1. The zero-order valence-corrected chi connectivity index (χ0v) is 10.6. The lowest BCUT2D eigenvalue weighted by molar-refractivity contribution is -0.168. The molecule has 0 amide bonds. The fourth-order valence-electron chi connectivity index (χ4n) is 1.35. The van der Waals surface area contributed by atoms with Crippen LogP contribution >= 0.6 is 0 Å². The lowest BCUT2D eigenvalue weighted by Gasteiger charge is -2.07. The summed E-state index contributed by atoms with van der Waals surface area (Å²) in [5, 5.41) is 17.4. The van der Waals surface area contributed by atoms with Crippen molar-refractivity contribution in [2.45, 2.75) is 58.0 Å². The molecule has 18 heavy (non-hydrogen) atoms. The third-order valence-corrected chi connectivity index (χ3v) is 2.34. The van der Waals surface area contributed by atoms with E-state index in [1.807, 2.05) is 0 Å². The molecule has 0 bridgehead atoms. The average molecular weight is 260 g/mol. The normalized spacial score (nSPS) is 11.9. The van der Waals surface area contributed by atoms with E-state index in [-0.39, 0.29) is 6.42 Å². The van der Waals surface area contributed by atoms with Gasteiger partial charge in [-0.1, -0.05) is 32.6 Å². The highest BCUT2D eigenvalue weighted by atomic mass is 16.6. The van der Waals surface area contributed by atoms with Gasteiger partial charge in [0, 0.05) is 6.42 Å². The second-order valence-corrected chi connectivity index (χ2v) is 4.07. The minimum absolute atomic E-state index is 0.106. The van der Waals surface area contributed by atoms with E-state index >= 15 is 0 Å². The number of carboxylic acid groups (broad SMARTS) is 1. The Kier molecular flexibility index (Phi) is 8.82. The van der Waals surface area contributed by atoms with E-state index in [1.165, 1.54) is 0 Å². The van der Waals surface area contributed by atoms with Crippen LogP contribution in [0.15, 0.2) is 0 Å². The van der Waals surface area contributed by atoms with Crippen LogP contribution in [0, 0.1) is 0 Å². The number of unbranched alkanes of at least 4 members (excludes halogenated alkanes) is 4. The molecule has 0 aromatic carbocycles. The van der Waals surface area contributed by atoms with Gasteiger partial charge in [-0.25, -0.2) is 4.79 Å². The standard InChI is InChI=1S/C12H20O6/c1-2-3-4-5-6-7-11(16)18-12(17)9(13)8-10(14)15/h9,13H,2-8H2,1H3,(H,14,15). The van der Waals surface area contributed by atoms with Crippen molar-refractivity contribution in [3.8, 4) is 0 Å². The van der Waals surface area contributed by atoms with Crippen molar-refractivity contribution < 1.29 is 29.3 Å². The molecule has 0 radical (unpaired) electrons. The van der Waals surface area contributed by atoms with Gasteiger partial charge in [0.2, 0.25) is 0 Å². The number of ether oxygens (including phenoxy) is 1. The predicted octanol–water partition coefficient (Wildman–Crippen LogP) is 1.25. The van der Waals surface area contributed by atoms with Crippen molar-refractivity contribution >= 4 is 17.9 Å². The molecule has 6 nitrogen and oxygen atoms in total. The molecule has 1 atom stereocenters. The van der Waals surface area contributed by atoms with Crippen LogP contribution < -0.4 is 0 Å². The predicted molar refractivity (Wildman–Crippen MR) is 62.7 cm³/mol. The van der Waals surface area contributed by atoms with Crippen LogP contribution in [0.4, 0.5) is 0 Å². The largest absolute Gasteiger partial charge is 0.481 e. The third kappa shape index (κ3) is 8.69. The number of hydrogen-bond acceptors (Lipinski definition) is 5. The quantitative estimate of drug-likeness (QED) is 0.367. The maximum absolute atomic E-state index is 11.2. The molecule has 6 heteroatoms. The van der Waals surface area contributed by atoms with Crippen molar-refractivity contribution in [2.24, 2.45) is 0 Å². The van der Waals surface area contributed by atoms with Crippen molar-refractivity contribution in [1.82, 2.24) is 0 Å². The zero-order valence-electron chi connectivity index (χ0n) is 10.6. The maximum atomic E-state index is 11.2. The lowest BCUT2D eigenvalue weighted by atomic mass is 10.1. The minimum atomic E-state index is -1.79. The topological polar surface area (TPSA) is 101 Å². The molecular formula is C12H20O6. The Morgan fingerprint density at radius 3 is 2.28 bits per heavy atom. The van der Waals surface area contributed by atoms with Crippen LogP contribution in [0.25, 0.3) is 0 Å². The van der Waals surface area contributed by atoms with Crippen molar-refractivity contribution in [2.75, 3.05) is 0 Å². The van der Waals surface area contributed by atoms with Crippen LogP contribution in [-0.2, 0) is 19.1 Å². The van der Waals surface area contributed by atoms with Crippen LogP contribution in [0.3, 0.4) is 0 Å². The molecule has 0 saturated carbocycles. The first-order chi connectivity index (χ1) is 8.47. The smallest absolute Gasteiger partial charge is 0.343 e. The molecule has 2 N–H and O–H groups in total. The molecule has 0 rings (SSSR count). The van der Waals surface area contributed by atoms with E-state index in [0.29, 0.717) is 6.42 Å². The Labute approximate surface area is 106 Å². The zero-order chi connectivity index (χ0) is 14.0. The summed E-state index contributed by atoms with van der Waals surface area (Å²) in [4.78, 5) is 32.5. The van der Waals surface area contributed by atoms with E-state index in [4.69, 9.17) is 10.2 Å². The molecule has 0 saturated heterocycles. The van der Waals surface area contributed by atoms with Gasteiger partial charge in [-0.05, 0) is 6.42 Å². The summed E-state index contributed by atoms with van der Waals surface area (Å²) in [6.07, 6.45) is 2.30. The molecule has 0 aliphatic heterocycles. The maximum Gasteiger partial charge on any atom is 0.343 e. The van der Waals surface area contributed by atoms with Gasteiger partial charge in [-0.15, -0.1) is 0 Å². The Balaban J connectivity index is 3.73. The SMILES string of the molecule is CCCCCCCC(=O)OC(=O)C(O)CC(=O)O. The Morgan fingerprint density at radius 1 is 1.11 bits per heavy atom. The van der Waals surface area contributed by atoms with Gasteiger partial charge in [0.05, 0.1) is 6.42 Å². The van der Waals surface area contributed by atoms with Gasteiger partial charge in [0.25, 0.3) is 0 Å². The first-order valence-electron chi connectivity index (χ1n) is 6.11. The van der Waals surface area contributed by atoms with Gasteiger partial charge in [-0.3, -0.25) is 9.59 Å². The molecule has 0 heterocycles. The van der Waals surface area contributed by atoms with Gasteiger partial charge in [0.1, 0.15) is 0 Å². The van der Waals surface area contributed by atoms with Crippen LogP contribution in [0.5, 0.6) is 0 Å². The number of rotatable bonds is 9. The second kappa shape index (κ2) is 9.58. The second-order valence-electron chi connectivity index (χ2n) is 4.07. The van der Waals surface area contributed by atoms with Crippen LogP contribution in [-0.4, -0.2) is 34.2 Å². The van der Waals surface area contributed by atoms with E-state index in [0.717, 1.165) is 25.7 Å². The first kappa shape index (κ1) is 16.6. The Hall–Kier alpha value is -1.43. The molecule has 0 aliphatic rings. The monoisotopic (exact) mass is 260 g/mol. The molecule has 0 aromatic rings. The van der Waals surface area contributed by atoms with Gasteiger partial charge in [0.15, 0.2) is 6.10 Å². The number of carbonyl (C=O) groups is 3. The van der Waals surface area contributed by atoms with E-state index in [1.54, 1.807) is 0 Å². The average Bonchev–Trinajstić information content (AvgIpc) is 2.27. The van der Waals surface area contributed by atoms with E-state index in [9.17, 15) is 14.4 Å². The summed E-state index contributed by atoms with van der Waals surface area (Å²) in [6.45, 7) is 2.08. The number of esters is 2. The highest BCUT2D eigenvalue weighted by molar-refractivity contribution is 5.89. The fraction of sp³-hybridized carbons (Fsp3) is 0.750. The highest BCUT2D eigenvalue weighted by Crippen LogP contribution is 2.06. The van der Waals surface area contributed by atoms with Crippen LogP contribution in [0.2, 0.25) is 0 Å². The van der Waals surface area contributed by atoms with Crippen molar-refractivity contribution in [3.63, 3.8) is 0 Å². The highest BCUT2D eigenvalue weighted by Gasteiger charge is 2.22. The summed E-state index contributed by atoms with van der Waals surface area (Å²) in [5.74, 6) is -3.25. The molecule has 0 aromatic heterocycles. The Morgan fingerprint density at radius 2 is 1.72 bits per heavy atom. The fourth-order valence-corrected chi connectivity index (χ4v) is 1.35.